The SMILES string of the molecule is Cc1cc(C)c2nc(NC(=O)Cc3cnn(-c4ccccc4)c3)sc2c1. The molecule has 0 unspecified atom stereocenters. The number of aromatic nitrogens is 3. The molecule has 0 atom stereocenters. The topological polar surface area (TPSA) is 59.8 Å². The molecule has 1 amide bonds. The highest BCUT2D eigenvalue weighted by Crippen LogP contribution is 2.29. The van der Waals surface area contributed by atoms with Gasteiger partial charge in [-0.1, -0.05) is 35.6 Å². The lowest BCUT2D eigenvalue weighted by Crippen LogP contribution is -2.13. The van der Waals surface area contributed by atoms with Gasteiger partial charge in [-0.05, 0) is 48.7 Å². The van der Waals surface area contributed by atoms with Crippen molar-refractivity contribution in [1.29, 1.82) is 0 Å². The van der Waals surface area contributed by atoms with E-state index in [0.717, 1.165) is 27.0 Å². The number of fused-ring (bicyclic) bond motifs is 1. The lowest BCUT2D eigenvalue weighted by atomic mass is 10.1. The van der Waals surface area contributed by atoms with Crippen LogP contribution in [0.5, 0.6) is 0 Å². The Morgan fingerprint density at radius 3 is 2.81 bits per heavy atom. The molecule has 6 heteroatoms. The molecule has 0 aliphatic carbocycles. The molecule has 0 aliphatic rings. The van der Waals surface area contributed by atoms with E-state index >= 15 is 0 Å². The molecule has 1 N–H and O–H groups in total. The average molecular weight is 362 g/mol. The van der Waals surface area contributed by atoms with Crippen molar-refractivity contribution >= 4 is 32.6 Å². The second-order valence-electron chi connectivity index (χ2n) is 6.30. The fraction of sp³-hybridized carbons (Fsp3) is 0.150. The Kier molecular flexibility index (Phi) is 4.26. The molecular formula is C20H18N4OS. The molecular weight excluding hydrogens is 344 g/mol. The summed E-state index contributed by atoms with van der Waals surface area (Å²) in [5, 5.41) is 7.87. The van der Waals surface area contributed by atoms with Crippen LogP contribution < -0.4 is 5.32 Å². The van der Waals surface area contributed by atoms with E-state index in [1.165, 1.54) is 16.9 Å². The van der Waals surface area contributed by atoms with E-state index in [4.69, 9.17) is 0 Å². The maximum atomic E-state index is 12.4. The number of para-hydroxylation sites is 1. The highest BCUT2D eigenvalue weighted by atomic mass is 32.1. The fourth-order valence-electron chi connectivity index (χ4n) is 2.95. The highest BCUT2D eigenvalue weighted by Gasteiger charge is 2.11. The summed E-state index contributed by atoms with van der Waals surface area (Å²) in [6.45, 7) is 4.10. The molecule has 2 aromatic carbocycles. The van der Waals surface area contributed by atoms with Crippen LogP contribution in [0, 0.1) is 13.8 Å². The number of thiazole rings is 1. The minimum Gasteiger partial charge on any atom is -0.302 e. The van der Waals surface area contributed by atoms with Gasteiger partial charge >= 0.3 is 0 Å². The van der Waals surface area contributed by atoms with Crippen LogP contribution in [-0.4, -0.2) is 20.7 Å². The third kappa shape index (κ3) is 3.36. The number of hydrogen-bond donors (Lipinski definition) is 1. The second kappa shape index (κ2) is 6.72. The van der Waals surface area contributed by atoms with Crippen LogP contribution in [0.25, 0.3) is 15.9 Å². The maximum absolute atomic E-state index is 12.4. The van der Waals surface area contributed by atoms with E-state index in [1.54, 1.807) is 10.9 Å². The van der Waals surface area contributed by atoms with E-state index in [1.807, 2.05) is 43.5 Å². The van der Waals surface area contributed by atoms with Gasteiger partial charge in [-0.3, -0.25) is 4.79 Å². The fourth-order valence-corrected chi connectivity index (χ4v) is 4.00. The number of aryl methyl sites for hydroxylation is 2. The summed E-state index contributed by atoms with van der Waals surface area (Å²) in [4.78, 5) is 16.9. The van der Waals surface area contributed by atoms with E-state index in [-0.39, 0.29) is 12.3 Å². The van der Waals surface area contributed by atoms with E-state index in [9.17, 15) is 4.79 Å². The van der Waals surface area contributed by atoms with Gasteiger partial charge in [0.1, 0.15) is 0 Å². The number of carbonyl (C=O) groups excluding carboxylic acids is 1. The number of carbonyl (C=O) groups is 1. The predicted octanol–water partition coefficient (Wildman–Crippen LogP) is 4.28. The van der Waals surface area contributed by atoms with Crippen molar-refractivity contribution in [3.63, 3.8) is 0 Å². The first-order valence-electron chi connectivity index (χ1n) is 8.35. The van der Waals surface area contributed by atoms with Crippen molar-refractivity contribution in [2.75, 3.05) is 5.32 Å². The van der Waals surface area contributed by atoms with Gasteiger partial charge in [0.15, 0.2) is 5.13 Å². The summed E-state index contributed by atoms with van der Waals surface area (Å²) in [6.07, 6.45) is 3.86. The summed E-state index contributed by atoms with van der Waals surface area (Å²) < 4.78 is 2.86. The quantitative estimate of drug-likeness (QED) is 0.589. The van der Waals surface area contributed by atoms with Crippen LogP contribution in [0.3, 0.4) is 0 Å². The molecule has 0 spiro atoms. The molecule has 0 saturated carbocycles. The Balaban J connectivity index is 1.48. The van der Waals surface area contributed by atoms with Gasteiger partial charge in [0.2, 0.25) is 5.91 Å². The van der Waals surface area contributed by atoms with Crippen molar-refractivity contribution < 1.29 is 4.79 Å². The number of hydrogen-bond acceptors (Lipinski definition) is 4. The van der Waals surface area contributed by atoms with Gasteiger partial charge in [-0.25, -0.2) is 9.67 Å². The Hall–Kier alpha value is -2.99. The van der Waals surface area contributed by atoms with Gasteiger partial charge in [-0.2, -0.15) is 5.10 Å². The molecule has 130 valence electrons. The van der Waals surface area contributed by atoms with Crippen LogP contribution in [0.2, 0.25) is 0 Å². The third-order valence-electron chi connectivity index (χ3n) is 4.10. The standard InChI is InChI=1S/C20H18N4OS/c1-13-8-14(2)19-17(9-13)26-20(23-19)22-18(25)10-15-11-21-24(12-15)16-6-4-3-5-7-16/h3-9,11-12H,10H2,1-2H3,(H,22,23,25). The van der Waals surface area contributed by atoms with E-state index < -0.39 is 0 Å². The van der Waals surface area contributed by atoms with Crippen LogP contribution in [0.4, 0.5) is 5.13 Å². The summed E-state index contributed by atoms with van der Waals surface area (Å²) in [6, 6.07) is 14.0. The van der Waals surface area contributed by atoms with Crippen molar-refractivity contribution in [3.05, 3.63) is 71.5 Å². The largest absolute Gasteiger partial charge is 0.302 e. The molecule has 0 radical (unpaired) electrons. The highest BCUT2D eigenvalue weighted by molar-refractivity contribution is 7.22. The van der Waals surface area contributed by atoms with Gasteiger partial charge in [0.05, 0.1) is 28.5 Å². The van der Waals surface area contributed by atoms with Crippen LogP contribution in [-0.2, 0) is 11.2 Å². The minimum atomic E-state index is -0.0916. The van der Waals surface area contributed by atoms with Crippen molar-refractivity contribution in [2.45, 2.75) is 20.3 Å². The third-order valence-corrected chi connectivity index (χ3v) is 5.02. The summed E-state index contributed by atoms with van der Waals surface area (Å²) in [5.41, 5.74) is 5.11. The molecule has 0 fully saturated rings. The number of nitrogens with zero attached hydrogens (tertiary/aromatic N) is 3. The van der Waals surface area contributed by atoms with Crippen molar-refractivity contribution in [3.8, 4) is 5.69 Å². The lowest BCUT2D eigenvalue weighted by molar-refractivity contribution is -0.115. The van der Waals surface area contributed by atoms with Crippen LogP contribution in [0.1, 0.15) is 16.7 Å². The average Bonchev–Trinajstić information content (AvgIpc) is 3.22. The number of nitrogens with one attached hydrogen (secondary N) is 1. The molecule has 26 heavy (non-hydrogen) atoms. The molecule has 2 heterocycles. The zero-order valence-electron chi connectivity index (χ0n) is 14.6. The van der Waals surface area contributed by atoms with Crippen molar-refractivity contribution in [2.24, 2.45) is 0 Å². The van der Waals surface area contributed by atoms with Crippen molar-refractivity contribution in [1.82, 2.24) is 14.8 Å². The van der Waals surface area contributed by atoms with Crippen LogP contribution >= 0.6 is 11.3 Å². The molecule has 2 aromatic heterocycles. The first kappa shape index (κ1) is 16.5. The predicted molar refractivity (Wildman–Crippen MR) is 105 cm³/mol. The number of amides is 1. The number of rotatable bonds is 4. The normalized spacial score (nSPS) is 11.0. The zero-order valence-corrected chi connectivity index (χ0v) is 15.4. The molecule has 4 aromatic rings. The maximum Gasteiger partial charge on any atom is 0.230 e. The summed E-state index contributed by atoms with van der Waals surface area (Å²) >= 11 is 1.50. The first-order chi connectivity index (χ1) is 12.6. The Morgan fingerprint density at radius 2 is 2.00 bits per heavy atom. The molecule has 5 nitrogen and oxygen atoms in total. The number of anilines is 1. The van der Waals surface area contributed by atoms with Gasteiger partial charge in [0.25, 0.3) is 0 Å². The van der Waals surface area contributed by atoms with Crippen LogP contribution in [0.15, 0.2) is 54.9 Å². The molecule has 0 aliphatic heterocycles. The Labute approximate surface area is 155 Å². The smallest absolute Gasteiger partial charge is 0.230 e. The molecule has 0 saturated heterocycles. The lowest BCUT2D eigenvalue weighted by Gasteiger charge is -2.00. The van der Waals surface area contributed by atoms with E-state index in [2.05, 4.69) is 34.5 Å². The summed E-state index contributed by atoms with van der Waals surface area (Å²) in [5.74, 6) is -0.0916. The number of benzene rings is 2. The first-order valence-corrected chi connectivity index (χ1v) is 9.17. The van der Waals surface area contributed by atoms with E-state index in [0.29, 0.717) is 5.13 Å². The Bertz CT molecular complexity index is 1080. The zero-order chi connectivity index (χ0) is 18.1. The second-order valence-corrected chi connectivity index (χ2v) is 7.33. The molecule has 4 rings (SSSR count). The summed E-state index contributed by atoms with van der Waals surface area (Å²) in [7, 11) is 0. The van der Waals surface area contributed by atoms with Gasteiger partial charge < -0.3 is 5.32 Å². The minimum absolute atomic E-state index is 0.0916. The van der Waals surface area contributed by atoms with Gasteiger partial charge in [0, 0.05) is 6.20 Å². The van der Waals surface area contributed by atoms with Gasteiger partial charge in [-0.15, -0.1) is 0 Å². The Morgan fingerprint density at radius 1 is 1.19 bits per heavy atom. The monoisotopic (exact) mass is 362 g/mol. The molecule has 0 bridgehead atoms.